The van der Waals surface area contributed by atoms with Gasteiger partial charge in [0.2, 0.25) is 5.91 Å². The number of nitrogens with one attached hydrogen (secondary N) is 2. The van der Waals surface area contributed by atoms with Crippen molar-refractivity contribution in [1.82, 2.24) is 10.2 Å². The van der Waals surface area contributed by atoms with E-state index in [2.05, 4.69) is 15.5 Å². The zero-order chi connectivity index (χ0) is 20.4. The summed E-state index contributed by atoms with van der Waals surface area (Å²) in [7, 11) is 0. The summed E-state index contributed by atoms with van der Waals surface area (Å²) in [4.78, 5) is 41.3. The van der Waals surface area contributed by atoms with Crippen LogP contribution in [0.4, 0.5) is 16.2 Å². The highest BCUT2D eigenvalue weighted by molar-refractivity contribution is 6.10. The molecule has 7 heteroatoms. The standard InChI is InChI=1S/C22H24N4O3/c1-22(16-9-3-2-4-10-16)20(28)26(21(29)24-22)15-19(27)23-17-11-5-6-12-18(17)25-13-7-8-14-25/h2-6,9-12H,7-8,13-15H2,1H3,(H,23,27)(H,24,29)/t22-/m0/s1. The fraction of sp³-hybridized carbons (Fsp3) is 0.318. The highest BCUT2D eigenvalue weighted by Gasteiger charge is 2.49. The third kappa shape index (κ3) is 3.55. The molecule has 2 saturated heterocycles. The maximum absolute atomic E-state index is 13.0. The third-order valence-corrected chi connectivity index (χ3v) is 5.55. The van der Waals surface area contributed by atoms with Crippen molar-refractivity contribution in [2.24, 2.45) is 0 Å². The summed E-state index contributed by atoms with van der Waals surface area (Å²) in [5.74, 6) is -0.839. The summed E-state index contributed by atoms with van der Waals surface area (Å²) in [5.41, 5.74) is 1.16. The van der Waals surface area contributed by atoms with E-state index in [4.69, 9.17) is 0 Å². The molecule has 2 fully saturated rings. The Labute approximate surface area is 169 Å². The van der Waals surface area contributed by atoms with E-state index in [-0.39, 0.29) is 6.54 Å². The monoisotopic (exact) mass is 392 g/mol. The lowest BCUT2D eigenvalue weighted by Gasteiger charge is -2.23. The van der Waals surface area contributed by atoms with Crippen molar-refractivity contribution < 1.29 is 14.4 Å². The summed E-state index contributed by atoms with van der Waals surface area (Å²) < 4.78 is 0. The third-order valence-electron chi connectivity index (χ3n) is 5.55. The van der Waals surface area contributed by atoms with Crippen molar-refractivity contribution >= 4 is 29.2 Å². The van der Waals surface area contributed by atoms with Gasteiger partial charge in [0.15, 0.2) is 0 Å². The Balaban J connectivity index is 1.48. The molecule has 0 unspecified atom stereocenters. The van der Waals surface area contributed by atoms with Crippen LogP contribution in [-0.2, 0) is 15.1 Å². The Morgan fingerprint density at radius 1 is 1.03 bits per heavy atom. The maximum atomic E-state index is 13.0. The van der Waals surface area contributed by atoms with Gasteiger partial charge >= 0.3 is 6.03 Å². The molecular formula is C22H24N4O3. The van der Waals surface area contributed by atoms with Gasteiger partial charge in [-0.05, 0) is 37.5 Å². The van der Waals surface area contributed by atoms with Crippen LogP contribution in [0.2, 0.25) is 0 Å². The number of nitrogens with zero attached hydrogens (tertiary/aromatic N) is 2. The number of amides is 4. The van der Waals surface area contributed by atoms with Crippen molar-refractivity contribution in [1.29, 1.82) is 0 Å². The van der Waals surface area contributed by atoms with Crippen LogP contribution in [0.15, 0.2) is 54.6 Å². The molecule has 2 heterocycles. The minimum absolute atomic E-state index is 0.332. The van der Waals surface area contributed by atoms with Crippen LogP contribution >= 0.6 is 0 Å². The zero-order valence-electron chi connectivity index (χ0n) is 16.4. The topological polar surface area (TPSA) is 81.8 Å². The number of urea groups is 1. The minimum atomic E-state index is -1.17. The lowest BCUT2D eigenvalue weighted by molar-refractivity contribution is -0.133. The molecule has 4 rings (SSSR count). The van der Waals surface area contributed by atoms with Gasteiger partial charge in [0, 0.05) is 13.1 Å². The van der Waals surface area contributed by atoms with E-state index in [0.29, 0.717) is 11.3 Å². The lowest BCUT2D eigenvalue weighted by Crippen LogP contribution is -2.42. The molecule has 4 amide bonds. The lowest BCUT2D eigenvalue weighted by atomic mass is 9.92. The number of hydrogen-bond acceptors (Lipinski definition) is 4. The zero-order valence-corrected chi connectivity index (χ0v) is 16.4. The molecule has 29 heavy (non-hydrogen) atoms. The van der Waals surface area contributed by atoms with Crippen LogP contribution in [0.25, 0.3) is 0 Å². The molecule has 7 nitrogen and oxygen atoms in total. The van der Waals surface area contributed by atoms with Crippen molar-refractivity contribution in [3.63, 3.8) is 0 Å². The fourth-order valence-electron chi connectivity index (χ4n) is 3.95. The highest BCUT2D eigenvalue weighted by Crippen LogP contribution is 2.30. The highest BCUT2D eigenvalue weighted by atomic mass is 16.2. The number of hydrogen-bond donors (Lipinski definition) is 2. The molecule has 2 aliphatic heterocycles. The first-order valence-corrected chi connectivity index (χ1v) is 9.82. The van der Waals surface area contributed by atoms with Gasteiger partial charge in [-0.15, -0.1) is 0 Å². The van der Waals surface area contributed by atoms with Crippen molar-refractivity contribution in [2.75, 3.05) is 29.9 Å². The Morgan fingerprint density at radius 3 is 2.41 bits per heavy atom. The fourth-order valence-corrected chi connectivity index (χ4v) is 3.95. The smallest absolute Gasteiger partial charge is 0.325 e. The number of para-hydroxylation sites is 2. The summed E-state index contributed by atoms with van der Waals surface area (Å²) in [5, 5.41) is 5.59. The maximum Gasteiger partial charge on any atom is 0.325 e. The van der Waals surface area contributed by atoms with Crippen molar-refractivity contribution in [3.05, 3.63) is 60.2 Å². The number of rotatable bonds is 5. The van der Waals surface area contributed by atoms with Gasteiger partial charge < -0.3 is 15.5 Å². The van der Waals surface area contributed by atoms with Crippen LogP contribution in [0, 0.1) is 0 Å². The Morgan fingerprint density at radius 2 is 1.69 bits per heavy atom. The molecular weight excluding hydrogens is 368 g/mol. The average molecular weight is 392 g/mol. The average Bonchev–Trinajstić information content (AvgIpc) is 3.33. The van der Waals surface area contributed by atoms with Gasteiger partial charge in [0.05, 0.1) is 11.4 Å². The van der Waals surface area contributed by atoms with E-state index in [1.54, 1.807) is 19.1 Å². The van der Waals surface area contributed by atoms with Gasteiger partial charge in [0.1, 0.15) is 12.1 Å². The van der Waals surface area contributed by atoms with Crippen LogP contribution in [-0.4, -0.2) is 42.4 Å². The van der Waals surface area contributed by atoms with E-state index < -0.39 is 23.4 Å². The molecule has 1 atom stereocenters. The first-order valence-electron chi connectivity index (χ1n) is 9.82. The van der Waals surface area contributed by atoms with E-state index >= 15 is 0 Å². The first-order chi connectivity index (χ1) is 14.0. The number of carbonyl (C=O) groups excluding carboxylic acids is 3. The molecule has 2 aromatic carbocycles. The minimum Gasteiger partial charge on any atom is -0.370 e. The van der Waals surface area contributed by atoms with Crippen molar-refractivity contribution in [2.45, 2.75) is 25.3 Å². The molecule has 0 spiro atoms. The summed E-state index contributed by atoms with van der Waals surface area (Å²) in [6.45, 7) is 3.23. The second-order valence-electron chi connectivity index (χ2n) is 7.57. The Hall–Kier alpha value is -3.35. The molecule has 0 radical (unpaired) electrons. The van der Waals surface area contributed by atoms with Crippen LogP contribution in [0.3, 0.4) is 0 Å². The summed E-state index contributed by atoms with van der Waals surface area (Å²) >= 11 is 0. The molecule has 0 saturated carbocycles. The molecule has 2 aromatic rings. The van der Waals surface area contributed by atoms with Crippen LogP contribution in [0.1, 0.15) is 25.3 Å². The molecule has 0 aromatic heterocycles. The quantitative estimate of drug-likeness (QED) is 0.767. The van der Waals surface area contributed by atoms with E-state index in [9.17, 15) is 14.4 Å². The normalized spacial score (nSPS) is 21.4. The number of carbonyl (C=O) groups is 3. The predicted octanol–water partition coefficient (Wildman–Crippen LogP) is 2.69. The molecule has 2 aliphatic rings. The molecule has 2 N–H and O–H groups in total. The molecule has 150 valence electrons. The van der Waals surface area contributed by atoms with E-state index in [1.165, 1.54) is 0 Å². The first kappa shape index (κ1) is 19.0. The van der Waals surface area contributed by atoms with Crippen molar-refractivity contribution in [3.8, 4) is 0 Å². The van der Waals surface area contributed by atoms with E-state index in [1.807, 2.05) is 42.5 Å². The number of benzene rings is 2. The molecule has 0 bridgehead atoms. The largest absolute Gasteiger partial charge is 0.370 e. The molecule has 0 aliphatic carbocycles. The van der Waals surface area contributed by atoms with Gasteiger partial charge in [-0.25, -0.2) is 4.79 Å². The summed E-state index contributed by atoms with van der Waals surface area (Å²) in [6.07, 6.45) is 2.26. The van der Waals surface area contributed by atoms with Gasteiger partial charge in [-0.1, -0.05) is 42.5 Å². The Bertz CT molecular complexity index is 940. The SMILES string of the molecule is C[C@@]1(c2ccccc2)NC(=O)N(CC(=O)Nc2ccccc2N2CCCC2)C1=O. The number of anilines is 2. The Kier molecular flexibility index (Phi) is 4.96. The van der Waals surface area contributed by atoms with Gasteiger partial charge in [-0.2, -0.15) is 0 Å². The predicted molar refractivity (Wildman–Crippen MR) is 111 cm³/mol. The second kappa shape index (κ2) is 7.58. The van der Waals surface area contributed by atoms with E-state index in [0.717, 1.165) is 36.5 Å². The van der Waals surface area contributed by atoms with Gasteiger partial charge in [-0.3, -0.25) is 14.5 Å². The van der Waals surface area contributed by atoms with Gasteiger partial charge in [0.25, 0.3) is 5.91 Å². The summed E-state index contributed by atoms with van der Waals surface area (Å²) in [6, 6.07) is 16.1. The number of imide groups is 1. The van der Waals surface area contributed by atoms with Crippen LogP contribution in [0.5, 0.6) is 0 Å². The van der Waals surface area contributed by atoms with Crippen LogP contribution < -0.4 is 15.5 Å². The second-order valence-corrected chi connectivity index (χ2v) is 7.57.